The molecule has 134 valence electrons. The molecule has 0 atom stereocenters. The van der Waals surface area contributed by atoms with Crippen molar-refractivity contribution in [1.82, 2.24) is 19.4 Å². The number of nitriles is 1. The molecule has 4 aromatic rings. The minimum Gasteiger partial charge on any atom is -0.339 e. The lowest BCUT2D eigenvalue weighted by Crippen LogP contribution is -2.23. The van der Waals surface area contributed by atoms with Crippen LogP contribution in [-0.4, -0.2) is 34.0 Å². The van der Waals surface area contributed by atoms with E-state index in [1.807, 2.05) is 0 Å². The first-order valence-electron chi connectivity index (χ1n) is 7.39. The van der Waals surface area contributed by atoms with Crippen LogP contribution in [-0.2, 0) is 9.84 Å². The molecule has 3 aromatic heterocycles. The zero-order chi connectivity index (χ0) is 19.5. The number of hydrogen-bond donors (Lipinski definition) is 1. The van der Waals surface area contributed by atoms with Gasteiger partial charge in [-0.05, 0) is 18.2 Å². The summed E-state index contributed by atoms with van der Waals surface area (Å²) in [7, 11) is -3.79. The zero-order valence-corrected chi connectivity index (χ0v) is 15.1. The molecule has 0 saturated carbocycles. The van der Waals surface area contributed by atoms with E-state index in [-0.39, 0.29) is 27.6 Å². The smallest absolute Gasteiger partial charge is 0.266 e. The summed E-state index contributed by atoms with van der Waals surface area (Å²) in [5.41, 5.74) is -1.74. The Labute approximate surface area is 155 Å². The van der Waals surface area contributed by atoms with Crippen LogP contribution in [0, 0.1) is 11.3 Å². The predicted molar refractivity (Wildman–Crippen MR) is 97.7 cm³/mol. The van der Waals surface area contributed by atoms with Gasteiger partial charge in [-0.25, -0.2) is 18.4 Å². The normalized spacial score (nSPS) is 11.9. The molecule has 0 bridgehead atoms. The molecule has 0 fully saturated rings. The molecule has 0 radical (unpaired) electrons. The van der Waals surface area contributed by atoms with Gasteiger partial charge < -0.3 is 4.98 Å². The average Bonchev–Trinajstić information content (AvgIpc) is 2.61. The second-order valence-corrected chi connectivity index (χ2v) is 8.12. The van der Waals surface area contributed by atoms with E-state index in [9.17, 15) is 23.3 Å². The Balaban J connectivity index is 2.36. The largest absolute Gasteiger partial charge is 0.339 e. The molecule has 4 rings (SSSR count). The van der Waals surface area contributed by atoms with Crippen molar-refractivity contribution in [3.63, 3.8) is 0 Å². The molecule has 0 amide bonds. The van der Waals surface area contributed by atoms with E-state index in [1.165, 1.54) is 6.07 Å². The Bertz CT molecular complexity index is 1560. The van der Waals surface area contributed by atoms with Crippen LogP contribution in [0.25, 0.3) is 27.6 Å². The van der Waals surface area contributed by atoms with Gasteiger partial charge in [0.15, 0.2) is 0 Å². The third kappa shape index (κ3) is 2.48. The summed E-state index contributed by atoms with van der Waals surface area (Å²) in [5.74, 6) is 0. The van der Waals surface area contributed by atoms with Crippen molar-refractivity contribution in [3.05, 3.63) is 55.6 Å². The number of benzene rings is 1. The Morgan fingerprint density at radius 2 is 2.04 bits per heavy atom. The molecule has 0 saturated heterocycles. The molecule has 1 N–H and O–H groups in total. The second kappa shape index (κ2) is 5.60. The van der Waals surface area contributed by atoms with Gasteiger partial charge in [0, 0.05) is 11.3 Å². The first-order valence-corrected chi connectivity index (χ1v) is 9.66. The van der Waals surface area contributed by atoms with Gasteiger partial charge in [-0.1, -0.05) is 11.6 Å². The fourth-order valence-electron chi connectivity index (χ4n) is 2.81. The lowest BCUT2D eigenvalue weighted by Gasteiger charge is -2.09. The fraction of sp³-hybridized carbons (Fsp3) is 0.0625. The quantitative estimate of drug-likeness (QED) is 0.285. The molecule has 11 heteroatoms. The van der Waals surface area contributed by atoms with E-state index in [4.69, 9.17) is 11.6 Å². The van der Waals surface area contributed by atoms with Gasteiger partial charge in [0.2, 0.25) is 20.4 Å². The van der Waals surface area contributed by atoms with Crippen molar-refractivity contribution >= 4 is 49.0 Å². The van der Waals surface area contributed by atoms with Crippen LogP contribution in [0.4, 0.5) is 0 Å². The number of pyridine rings is 1. The molecular weight excluding hydrogens is 394 g/mol. The summed E-state index contributed by atoms with van der Waals surface area (Å²) >= 11 is 5.96. The Morgan fingerprint density at radius 3 is 2.70 bits per heavy atom. The maximum Gasteiger partial charge on any atom is 0.266 e. The molecule has 0 aliphatic rings. The molecule has 27 heavy (non-hydrogen) atoms. The number of aromatic amines is 1. The number of H-pyrrole nitrogens is 1. The molecule has 0 spiro atoms. The number of rotatable bonds is 1. The predicted octanol–water partition coefficient (Wildman–Crippen LogP) is 1.01. The highest BCUT2D eigenvalue weighted by molar-refractivity contribution is 7.90. The summed E-state index contributed by atoms with van der Waals surface area (Å²) < 4.78 is 24.5. The van der Waals surface area contributed by atoms with Gasteiger partial charge in [0.1, 0.15) is 22.8 Å². The number of nitrogens with one attached hydrogen (secondary N) is 1. The lowest BCUT2D eigenvalue weighted by molar-refractivity contribution is 0.593. The van der Waals surface area contributed by atoms with Crippen LogP contribution < -0.4 is 11.0 Å². The van der Waals surface area contributed by atoms with Gasteiger partial charge in [0.05, 0.1) is 22.6 Å². The number of aromatic nitrogens is 4. The molecule has 0 unspecified atom stereocenters. The Hall–Kier alpha value is -3.29. The molecule has 3 heterocycles. The SMILES string of the molecule is CS(=O)(=O)c1ncc2c(n1)c(=O)c(C#N)c1[nH]c3ccc(Cl)cc3c(=O)n12. The van der Waals surface area contributed by atoms with E-state index in [2.05, 4.69) is 15.0 Å². The van der Waals surface area contributed by atoms with Gasteiger partial charge in [-0.15, -0.1) is 0 Å². The topological polar surface area (TPSA) is 138 Å². The highest BCUT2D eigenvalue weighted by Gasteiger charge is 2.20. The highest BCUT2D eigenvalue weighted by Crippen LogP contribution is 2.19. The number of fused-ring (bicyclic) bond motifs is 4. The van der Waals surface area contributed by atoms with E-state index in [0.29, 0.717) is 10.5 Å². The van der Waals surface area contributed by atoms with Crippen LogP contribution in [0.1, 0.15) is 5.56 Å². The first-order chi connectivity index (χ1) is 12.7. The Morgan fingerprint density at radius 1 is 1.30 bits per heavy atom. The van der Waals surface area contributed by atoms with Crippen molar-refractivity contribution in [3.8, 4) is 6.07 Å². The maximum absolute atomic E-state index is 13.0. The standard InChI is InChI=1S/C16H8ClN5O4S/c1-27(25,26)16-19-6-11-12(21-16)13(23)9(5-18)14-20-10-3-2-7(17)4-8(10)15(24)22(11)14/h2-4,6,20H,1H3. The van der Waals surface area contributed by atoms with Crippen LogP contribution in [0.2, 0.25) is 5.02 Å². The van der Waals surface area contributed by atoms with Crippen LogP contribution in [0.15, 0.2) is 39.1 Å². The van der Waals surface area contributed by atoms with Crippen molar-refractivity contribution in [2.75, 3.05) is 6.26 Å². The summed E-state index contributed by atoms with van der Waals surface area (Å²) in [6, 6.07) is 6.31. The molecule has 1 aromatic carbocycles. The van der Waals surface area contributed by atoms with Crippen molar-refractivity contribution in [2.45, 2.75) is 5.16 Å². The Kier molecular flexibility index (Phi) is 3.56. The van der Waals surface area contributed by atoms with Crippen molar-refractivity contribution in [2.24, 2.45) is 0 Å². The van der Waals surface area contributed by atoms with Gasteiger partial charge in [0.25, 0.3) is 5.56 Å². The van der Waals surface area contributed by atoms with Crippen molar-refractivity contribution in [1.29, 1.82) is 5.26 Å². The monoisotopic (exact) mass is 401 g/mol. The molecule has 9 nitrogen and oxygen atoms in total. The van der Waals surface area contributed by atoms with E-state index in [0.717, 1.165) is 16.9 Å². The number of sulfone groups is 1. The summed E-state index contributed by atoms with van der Waals surface area (Å²) in [5, 5.41) is 9.42. The summed E-state index contributed by atoms with van der Waals surface area (Å²) in [6.45, 7) is 0. The van der Waals surface area contributed by atoms with Crippen molar-refractivity contribution < 1.29 is 8.42 Å². The zero-order valence-electron chi connectivity index (χ0n) is 13.5. The van der Waals surface area contributed by atoms with Crippen LogP contribution in [0.3, 0.4) is 0 Å². The van der Waals surface area contributed by atoms with Gasteiger partial charge in [-0.3, -0.25) is 14.0 Å². The third-order valence-electron chi connectivity index (χ3n) is 4.00. The summed E-state index contributed by atoms with van der Waals surface area (Å²) in [6.07, 6.45) is 1.96. The number of nitrogens with zero attached hydrogens (tertiary/aromatic N) is 4. The fourth-order valence-corrected chi connectivity index (χ4v) is 3.48. The highest BCUT2D eigenvalue weighted by atomic mass is 35.5. The van der Waals surface area contributed by atoms with E-state index >= 15 is 0 Å². The molecule has 0 aliphatic heterocycles. The lowest BCUT2D eigenvalue weighted by atomic mass is 10.2. The maximum atomic E-state index is 13.0. The minimum atomic E-state index is -3.79. The van der Waals surface area contributed by atoms with Crippen LogP contribution in [0.5, 0.6) is 0 Å². The molecular formula is C16H8ClN5O4S. The van der Waals surface area contributed by atoms with Gasteiger partial charge in [-0.2, -0.15) is 5.26 Å². The van der Waals surface area contributed by atoms with E-state index < -0.39 is 26.0 Å². The molecule has 0 aliphatic carbocycles. The third-order valence-corrected chi connectivity index (χ3v) is 5.10. The van der Waals surface area contributed by atoms with Gasteiger partial charge >= 0.3 is 0 Å². The van der Waals surface area contributed by atoms with Crippen LogP contribution >= 0.6 is 11.6 Å². The number of halogens is 1. The second-order valence-electron chi connectivity index (χ2n) is 5.78. The summed E-state index contributed by atoms with van der Waals surface area (Å²) in [4.78, 5) is 36.1. The number of hydrogen-bond acceptors (Lipinski definition) is 7. The minimum absolute atomic E-state index is 0.0236. The average molecular weight is 402 g/mol. The first kappa shape index (κ1) is 17.1. The van der Waals surface area contributed by atoms with E-state index in [1.54, 1.807) is 18.2 Å².